The number of hydrogen-bond donors (Lipinski definition) is 3. The van der Waals surface area contributed by atoms with Crippen LogP contribution in [0.1, 0.15) is 6.92 Å². The molecular formula is C10H14ClN3O3S. The number of halogens is 1. The quantitative estimate of drug-likeness (QED) is 0.681. The molecule has 0 unspecified atom stereocenters. The number of sulfonamides is 1. The number of benzene rings is 1. The van der Waals surface area contributed by atoms with Crippen molar-refractivity contribution in [2.24, 2.45) is 0 Å². The fourth-order valence-corrected chi connectivity index (χ4v) is 2.61. The van der Waals surface area contributed by atoms with Crippen molar-refractivity contribution in [3.8, 4) is 0 Å². The topological polar surface area (TPSA) is 101 Å². The standard InChI is InChI=1S/C10H14ClN3O3S/c1-2-13-10(15)6-14-18(16,17)9-5-7(11)3-4-8(9)12/h3-5,14H,2,6,12H2,1H3,(H,13,15). The van der Waals surface area contributed by atoms with Crippen molar-refractivity contribution in [3.05, 3.63) is 23.2 Å². The van der Waals surface area contributed by atoms with E-state index >= 15 is 0 Å². The lowest BCUT2D eigenvalue weighted by Gasteiger charge is -2.09. The van der Waals surface area contributed by atoms with Crippen LogP contribution >= 0.6 is 11.6 Å². The minimum absolute atomic E-state index is 0.0720. The summed E-state index contributed by atoms with van der Waals surface area (Å²) in [5, 5.41) is 2.72. The Morgan fingerprint density at radius 2 is 2.11 bits per heavy atom. The molecule has 0 spiro atoms. The van der Waals surface area contributed by atoms with E-state index in [2.05, 4.69) is 10.0 Å². The second kappa shape index (κ2) is 6.03. The number of anilines is 1. The van der Waals surface area contributed by atoms with Gasteiger partial charge in [-0.2, -0.15) is 0 Å². The summed E-state index contributed by atoms with van der Waals surface area (Å²) < 4.78 is 25.9. The Hall–Kier alpha value is -1.31. The lowest BCUT2D eigenvalue weighted by molar-refractivity contribution is -0.119. The number of carbonyl (C=O) groups is 1. The van der Waals surface area contributed by atoms with Gasteiger partial charge in [-0.05, 0) is 25.1 Å². The zero-order valence-electron chi connectivity index (χ0n) is 9.73. The molecule has 0 aromatic heterocycles. The van der Waals surface area contributed by atoms with Crippen LogP contribution in [0.2, 0.25) is 5.02 Å². The highest BCUT2D eigenvalue weighted by Crippen LogP contribution is 2.22. The molecule has 8 heteroatoms. The molecule has 1 amide bonds. The third-order valence-corrected chi connectivity index (χ3v) is 3.75. The van der Waals surface area contributed by atoms with Crippen molar-refractivity contribution in [2.75, 3.05) is 18.8 Å². The van der Waals surface area contributed by atoms with Crippen LogP contribution in [0.15, 0.2) is 23.1 Å². The van der Waals surface area contributed by atoms with E-state index < -0.39 is 15.9 Å². The van der Waals surface area contributed by atoms with Gasteiger partial charge in [-0.3, -0.25) is 4.79 Å². The Morgan fingerprint density at radius 3 is 2.72 bits per heavy atom. The summed E-state index contributed by atoms with van der Waals surface area (Å²) in [7, 11) is -3.85. The number of rotatable bonds is 5. The molecule has 6 nitrogen and oxygen atoms in total. The molecule has 1 rings (SSSR count). The van der Waals surface area contributed by atoms with Crippen LogP contribution in [-0.4, -0.2) is 27.4 Å². The number of carbonyl (C=O) groups excluding carboxylic acids is 1. The van der Waals surface area contributed by atoms with E-state index in [1.54, 1.807) is 6.92 Å². The fourth-order valence-electron chi connectivity index (χ4n) is 1.24. The van der Waals surface area contributed by atoms with Gasteiger partial charge in [0.2, 0.25) is 15.9 Å². The molecule has 100 valence electrons. The Bertz CT molecular complexity index is 545. The Balaban J connectivity index is 2.87. The van der Waals surface area contributed by atoms with Gasteiger partial charge in [-0.25, -0.2) is 13.1 Å². The van der Waals surface area contributed by atoms with Gasteiger partial charge < -0.3 is 11.1 Å². The number of likely N-dealkylation sites (N-methyl/N-ethyl adjacent to an activating group) is 1. The first-order valence-corrected chi connectivity index (χ1v) is 7.04. The van der Waals surface area contributed by atoms with Crippen molar-refractivity contribution in [1.82, 2.24) is 10.0 Å². The molecule has 0 radical (unpaired) electrons. The zero-order valence-corrected chi connectivity index (χ0v) is 11.3. The average molecular weight is 292 g/mol. The summed E-state index contributed by atoms with van der Waals surface area (Å²) >= 11 is 5.71. The van der Waals surface area contributed by atoms with E-state index in [1.807, 2.05) is 0 Å². The van der Waals surface area contributed by atoms with Crippen LogP contribution in [0.25, 0.3) is 0 Å². The lowest BCUT2D eigenvalue weighted by Crippen LogP contribution is -2.36. The first kappa shape index (κ1) is 14.7. The normalized spacial score (nSPS) is 11.2. The van der Waals surface area contributed by atoms with Crippen molar-refractivity contribution >= 4 is 33.2 Å². The van der Waals surface area contributed by atoms with Crippen molar-refractivity contribution in [3.63, 3.8) is 0 Å². The molecule has 0 saturated carbocycles. The summed E-state index contributed by atoms with van der Waals surface area (Å²) in [4.78, 5) is 11.0. The van der Waals surface area contributed by atoms with Gasteiger partial charge in [0.05, 0.1) is 12.2 Å². The predicted octanol–water partition coefficient (Wildman–Crippen LogP) is 0.337. The monoisotopic (exact) mass is 291 g/mol. The van der Waals surface area contributed by atoms with Crippen molar-refractivity contribution in [1.29, 1.82) is 0 Å². The largest absolute Gasteiger partial charge is 0.398 e. The van der Waals surface area contributed by atoms with E-state index in [-0.39, 0.29) is 22.2 Å². The number of nitrogens with two attached hydrogens (primary N) is 1. The zero-order chi connectivity index (χ0) is 13.8. The molecule has 0 aliphatic heterocycles. The highest BCUT2D eigenvalue weighted by atomic mass is 35.5. The average Bonchev–Trinajstić information content (AvgIpc) is 2.30. The second-order valence-corrected chi connectivity index (χ2v) is 5.63. The molecule has 1 aromatic carbocycles. The minimum Gasteiger partial charge on any atom is -0.398 e. The van der Waals surface area contributed by atoms with E-state index in [0.717, 1.165) is 0 Å². The maximum atomic E-state index is 11.9. The fraction of sp³-hybridized carbons (Fsp3) is 0.300. The van der Waals surface area contributed by atoms with E-state index in [0.29, 0.717) is 6.54 Å². The number of amides is 1. The summed E-state index contributed by atoms with van der Waals surface area (Å²) in [6.45, 7) is 1.82. The third-order valence-electron chi connectivity index (χ3n) is 2.06. The minimum atomic E-state index is -3.85. The smallest absolute Gasteiger partial charge is 0.243 e. The maximum Gasteiger partial charge on any atom is 0.243 e. The summed E-state index contributed by atoms with van der Waals surface area (Å²) in [5.74, 6) is -0.415. The van der Waals surface area contributed by atoms with Gasteiger partial charge in [0, 0.05) is 11.6 Å². The summed E-state index contributed by atoms with van der Waals surface area (Å²) in [5.41, 5.74) is 5.63. The molecule has 0 bridgehead atoms. The van der Waals surface area contributed by atoms with Crippen LogP contribution in [0, 0.1) is 0 Å². The Morgan fingerprint density at radius 1 is 1.44 bits per heavy atom. The molecule has 0 heterocycles. The van der Waals surface area contributed by atoms with Crippen LogP contribution in [-0.2, 0) is 14.8 Å². The van der Waals surface area contributed by atoms with Crippen LogP contribution in [0.4, 0.5) is 5.69 Å². The molecule has 4 N–H and O–H groups in total. The number of hydrogen-bond acceptors (Lipinski definition) is 4. The van der Waals surface area contributed by atoms with Crippen LogP contribution in [0.3, 0.4) is 0 Å². The number of nitrogen functional groups attached to an aromatic ring is 1. The molecule has 0 saturated heterocycles. The van der Waals surface area contributed by atoms with Gasteiger partial charge in [-0.15, -0.1) is 0 Å². The van der Waals surface area contributed by atoms with Gasteiger partial charge >= 0.3 is 0 Å². The van der Waals surface area contributed by atoms with Crippen molar-refractivity contribution < 1.29 is 13.2 Å². The van der Waals surface area contributed by atoms with E-state index in [1.165, 1.54) is 18.2 Å². The molecule has 18 heavy (non-hydrogen) atoms. The molecule has 0 fully saturated rings. The van der Waals surface area contributed by atoms with Crippen LogP contribution in [0.5, 0.6) is 0 Å². The molecule has 1 aromatic rings. The molecular weight excluding hydrogens is 278 g/mol. The van der Waals surface area contributed by atoms with E-state index in [9.17, 15) is 13.2 Å². The van der Waals surface area contributed by atoms with Crippen LogP contribution < -0.4 is 15.8 Å². The first-order chi connectivity index (χ1) is 8.36. The Labute approximate surface area is 111 Å². The SMILES string of the molecule is CCNC(=O)CNS(=O)(=O)c1cc(Cl)ccc1N. The predicted molar refractivity (Wildman–Crippen MR) is 69.7 cm³/mol. The summed E-state index contributed by atoms with van der Waals surface area (Å²) in [6, 6.07) is 4.11. The molecule has 0 aliphatic carbocycles. The number of nitrogens with one attached hydrogen (secondary N) is 2. The first-order valence-electron chi connectivity index (χ1n) is 5.18. The lowest BCUT2D eigenvalue weighted by atomic mass is 10.3. The van der Waals surface area contributed by atoms with Gasteiger partial charge in [-0.1, -0.05) is 11.6 Å². The van der Waals surface area contributed by atoms with Crippen molar-refractivity contribution in [2.45, 2.75) is 11.8 Å². The highest BCUT2D eigenvalue weighted by Gasteiger charge is 2.18. The molecule has 0 aliphatic rings. The van der Waals surface area contributed by atoms with E-state index in [4.69, 9.17) is 17.3 Å². The second-order valence-electron chi connectivity index (χ2n) is 3.46. The maximum absolute atomic E-state index is 11.9. The highest BCUT2D eigenvalue weighted by molar-refractivity contribution is 7.89. The third kappa shape index (κ3) is 3.86. The summed E-state index contributed by atoms with van der Waals surface area (Å²) in [6.07, 6.45) is 0. The van der Waals surface area contributed by atoms with Gasteiger partial charge in [0.1, 0.15) is 4.90 Å². The molecule has 0 atom stereocenters. The van der Waals surface area contributed by atoms with Gasteiger partial charge in [0.15, 0.2) is 0 Å². The Kier molecular flexibility index (Phi) is 4.94. The van der Waals surface area contributed by atoms with Gasteiger partial charge in [0.25, 0.3) is 0 Å².